The van der Waals surface area contributed by atoms with Crippen LogP contribution in [0.25, 0.3) is 21.6 Å². The number of rotatable bonds is 7. The molecule has 5 N–H and O–H groups in total. The van der Waals surface area contributed by atoms with Gasteiger partial charge >= 0.3 is 5.97 Å². The van der Waals surface area contributed by atoms with Crippen molar-refractivity contribution in [2.75, 3.05) is 11.9 Å². The van der Waals surface area contributed by atoms with Gasteiger partial charge < -0.3 is 26.2 Å². The number of carboxylic acids is 1. The number of aromatic carboxylic acids is 1. The van der Waals surface area contributed by atoms with E-state index in [-0.39, 0.29) is 28.6 Å². The standard InChI is InChI=1S/C34H34N4O5S/c1-19-15-20(18-35)7-9-27(19)38-32(39)25-16-26-29(43-13-11-21-12-14-44-31(21)26)17-24(25)23-8-10-28(37-30(23)34(41)42)33(40)36-22-5-3-2-4-6-22/h7-10,12,14-17,22H,2-6,11,13,18,35H2,1H3,(H,36,40)(H,38,39)(H,41,42). The smallest absolute Gasteiger partial charge is 0.355 e. The highest BCUT2D eigenvalue weighted by Gasteiger charge is 2.27. The van der Waals surface area contributed by atoms with Crippen molar-refractivity contribution in [3.63, 3.8) is 0 Å². The maximum Gasteiger partial charge on any atom is 0.355 e. The topological polar surface area (TPSA) is 144 Å². The van der Waals surface area contributed by atoms with Crippen LogP contribution in [-0.2, 0) is 13.0 Å². The Bertz CT molecular complexity index is 1760. The fourth-order valence-corrected chi connectivity index (χ4v) is 6.96. The predicted octanol–water partition coefficient (Wildman–Crippen LogP) is 6.19. The molecule has 226 valence electrons. The SMILES string of the molecule is Cc1cc(CN)ccc1NC(=O)c1cc2c(cc1-c1ccc(C(=O)NC3CCCCC3)nc1C(=O)O)OCCc1ccsc1-2. The third-order valence-electron chi connectivity index (χ3n) is 8.32. The summed E-state index contributed by atoms with van der Waals surface area (Å²) in [7, 11) is 0. The van der Waals surface area contributed by atoms with Crippen LogP contribution in [0.2, 0.25) is 0 Å². The first-order valence-corrected chi connectivity index (χ1v) is 15.7. The number of thiophene rings is 1. The lowest BCUT2D eigenvalue weighted by atomic mass is 9.93. The van der Waals surface area contributed by atoms with E-state index in [1.165, 1.54) is 6.07 Å². The molecule has 0 atom stereocenters. The molecule has 0 bridgehead atoms. The zero-order valence-corrected chi connectivity index (χ0v) is 25.3. The highest BCUT2D eigenvalue weighted by molar-refractivity contribution is 7.13. The number of carbonyl (C=O) groups excluding carboxylic acids is 2. The lowest BCUT2D eigenvalue weighted by Gasteiger charge is -2.22. The zero-order valence-electron chi connectivity index (χ0n) is 24.4. The minimum Gasteiger partial charge on any atom is -0.493 e. The van der Waals surface area contributed by atoms with E-state index in [0.717, 1.165) is 59.2 Å². The Morgan fingerprint density at radius 3 is 2.57 bits per heavy atom. The number of pyridine rings is 1. The number of amides is 2. The highest BCUT2D eigenvalue weighted by atomic mass is 32.1. The number of carboxylic acid groups (broad SMARTS) is 1. The molecule has 0 saturated heterocycles. The van der Waals surface area contributed by atoms with Crippen molar-refractivity contribution >= 4 is 34.8 Å². The number of aryl methyl sites for hydroxylation is 1. The summed E-state index contributed by atoms with van der Waals surface area (Å²) < 4.78 is 6.13. The summed E-state index contributed by atoms with van der Waals surface area (Å²) >= 11 is 1.57. The monoisotopic (exact) mass is 610 g/mol. The molecule has 2 amide bonds. The maximum absolute atomic E-state index is 14.0. The van der Waals surface area contributed by atoms with E-state index >= 15 is 0 Å². The Hall–Kier alpha value is -4.54. The third kappa shape index (κ3) is 5.95. The zero-order chi connectivity index (χ0) is 30.8. The fraction of sp³-hybridized carbons (Fsp3) is 0.294. The second-order valence-corrected chi connectivity index (χ2v) is 12.2. The lowest BCUT2D eigenvalue weighted by molar-refractivity contribution is 0.0691. The van der Waals surface area contributed by atoms with Crippen LogP contribution in [0.1, 0.15) is 80.1 Å². The molecular formula is C34H34N4O5S. The second-order valence-electron chi connectivity index (χ2n) is 11.3. The average molecular weight is 611 g/mol. The molecule has 4 aromatic rings. The minimum absolute atomic E-state index is 0.0209. The normalized spacial score (nSPS) is 14.5. The lowest BCUT2D eigenvalue weighted by Crippen LogP contribution is -2.36. The van der Waals surface area contributed by atoms with Crippen LogP contribution in [0.4, 0.5) is 5.69 Å². The summed E-state index contributed by atoms with van der Waals surface area (Å²) in [6, 6.07) is 14.2. The molecule has 9 nitrogen and oxygen atoms in total. The van der Waals surface area contributed by atoms with Gasteiger partial charge in [0.15, 0.2) is 5.69 Å². The molecule has 10 heteroatoms. The molecular weight excluding hydrogens is 576 g/mol. The molecule has 3 heterocycles. The number of nitrogens with two attached hydrogens (primary N) is 1. The first kappa shape index (κ1) is 29.5. The highest BCUT2D eigenvalue weighted by Crippen LogP contribution is 2.43. The van der Waals surface area contributed by atoms with E-state index in [9.17, 15) is 19.5 Å². The van der Waals surface area contributed by atoms with Gasteiger partial charge in [-0.05, 0) is 78.2 Å². The second kappa shape index (κ2) is 12.6. The van der Waals surface area contributed by atoms with E-state index in [0.29, 0.717) is 36.6 Å². The minimum atomic E-state index is -1.30. The number of aromatic nitrogens is 1. The Balaban J connectivity index is 1.44. The van der Waals surface area contributed by atoms with Crippen molar-refractivity contribution in [2.24, 2.45) is 5.73 Å². The van der Waals surface area contributed by atoms with Gasteiger partial charge in [0.2, 0.25) is 0 Å². The van der Waals surface area contributed by atoms with Crippen molar-refractivity contribution in [3.05, 3.63) is 87.6 Å². The first-order valence-electron chi connectivity index (χ1n) is 14.9. The predicted molar refractivity (Wildman–Crippen MR) is 171 cm³/mol. The number of carbonyl (C=O) groups is 3. The third-order valence-corrected chi connectivity index (χ3v) is 9.31. The Kier molecular flexibility index (Phi) is 8.45. The largest absolute Gasteiger partial charge is 0.493 e. The van der Waals surface area contributed by atoms with Crippen molar-refractivity contribution in [1.29, 1.82) is 0 Å². The van der Waals surface area contributed by atoms with Crippen LogP contribution >= 0.6 is 11.3 Å². The summed E-state index contributed by atoms with van der Waals surface area (Å²) in [5.41, 5.74) is 10.6. The molecule has 2 aromatic heterocycles. The number of nitrogens with zero attached hydrogens (tertiary/aromatic N) is 1. The molecule has 1 aliphatic heterocycles. The fourth-order valence-electron chi connectivity index (χ4n) is 5.98. The van der Waals surface area contributed by atoms with Gasteiger partial charge in [0, 0.05) is 51.8 Å². The number of benzene rings is 2. The van der Waals surface area contributed by atoms with E-state index < -0.39 is 17.8 Å². The molecule has 0 radical (unpaired) electrons. The Labute approximate surface area is 259 Å². The van der Waals surface area contributed by atoms with Crippen LogP contribution in [0.5, 0.6) is 5.75 Å². The summed E-state index contributed by atoms with van der Waals surface area (Å²) in [5, 5.41) is 18.3. The molecule has 1 aliphatic carbocycles. The van der Waals surface area contributed by atoms with Gasteiger partial charge in [-0.25, -0.2) is 9.78 Å². The first-order chi connectivity index (χ1) is 21.3. The number of nitrogens with one attached hydrogen (secondary N) is 2. The van der Waals surface area contributed by atoms with Gasteiger partial charge in [-0.1, -0.05) is 31.4 Å². The molecule has 0 unspecified atom stereocenters. The van der Waals surface area contributed by atoms with Crippen molar-refractivity contribution in [1.82, 2.24) is 10.3 Å². The molecule has 2 aliphatic rings. The van der Waals surface area contributed by atoms with Gasteiger partial charge in [-0.15, -0.1) is 11.3 Å². The summed E-state index contributed by atoms with van der Waals surface area (Å²) in [6.07, 6.45) is 5.74. The van der Waals surface area contributed by atoms with E-state index in [1.807, 2.05) is 30.5 Å². The van der Waals surface area contributed by atoms with Gasteiger partial charge in [0.25, 0.3) is 11.8 Å². The number of fused-ring (bicyclic) bond motifs is 3. The Morgan fingerprint density at radius 2 is 1.82 bits per heavy atom. The quantitative estimate of drug-likeness (QED) is 0.195. The van der Waals surface area contributed by atoms with Crippen LogP contribution in [0.15, 0.2) is 53.9 Å². The number of hydrogen-bond donors (Lipinski definition) is 4. The molecule has 0 spiro atoms. The molecule has 2 aromatic carbocycles. The van der Waals surface area contributed by atoms with Crippen molar-refractivity contribution in [2.45, 2.75) is 58.0 Å². The van der Waals surface area contributed by atoms with E-state index in [2.05, 4.69) is 21.7 Å². The van der Waals surface area contributed by atoms with Gasteiger partial charge in [0.05, 0.1) is 6.61 Å². The Morgan fingerprint density at radius 1 is 1.00 bits per heavy atom. The van der Waals surface area contributed by atoms with Crippen LogP contribution < -0.4 is 21.1 Å². The van der Waals surface area contributed by atoms with Crippen LogP contribution in [-0.4, -0.2) is 40.5 Å². The average Bonchev–Trinajstić information content (AvgIpc) is 3.43. The number of ether oxygens (including phenoxy) is 1. The van der Waals surface area contributed by atoms with E-state index in [1.54, 1.807) is 29.5 Å². The number of hydrogen-bond acceptors (Lipinski definition) is 7. The van der Waals surface area contributed by atoms with Crippen LogP contribution in [0.3, 0.4) is 0 Å². The summed E-state index contributed by atoms with van der Waals surface area (Å²) in [5.74, 6) is -1.57. The molecule has 6 rings (SSSR count). The van der Waals surface area contributed by atoms with Crippen molar-refractivity contribution in [3.8, 4) is 27.3 Å². The number of anilines is 1. The van der Waals surface area contributed by atoms with Gasteiger partial charge in [-0.2, -0.15) is 0 Å². The molecule has 1 saturated carbocycles. The maximum atomic E-state index is 14.0. The molecule has 1 fully saturated rings. The van der Waals surface area contributed by atoms with Gasteiger partial charge in [0.1, 0.15) is 11.4 Å². The summed E-state index contributed by atoms with van der Waals surface area (Å²) in [6.45, 7) is 2.72. The molecule has 44 heavy (non-hydrogen) atoms. The van der Waals surface area contributed by atoms with Crippen molar-refractivity contribution < 1.29 is 24.2 Å². The van der Waals surface area contributed by atoms with Gasteiger partial charge in [-0.3, -0.25) is 9.59 Å². The van der Waals surface area contributed by atoms with Crippen LogP contribution in [0, 0.1) is 6.92 Å². The summed E-state index contributed by atoms with van der Waals surface area (Å²) in [4.78, 5) is 44.9. The van der Waals surface area contributed by atoms with E-state index in [4.69, 9.17) is 10.5 Å².